The first kappa shape index (κ1) is 13.6. The lowest BCUT2D eigenvalue weighted by Crippen LogP contribution is -2.26. The Kier molecular flexibility index (Phi) is 4.57. The summed E-state index contributed by atoms with van der Waals surface area (Å²) in [6, 6.07) is 10.1. The van der Waals surface area contributed by atoms with Crippen LogP contribution in [-0.2, 0) is 10.5 Å². The first-order valence-corrected chi connectivity index (χ1v) is 7.12. The van der Waals surface area contributed by atoms with E-state index in [0.717, 1.165) is 5.75 Å². The molecule has 1 aromatic heterocycles. The van der Waals surface area contributed by atoms with Crippen LogP contribution in [-0.4, -0.2) is 26.5 Å². The third kappa shape index (κ3) is 3.82. The van der Waals surface area contributed by atoms with E-state index in [4.69, 9.17) is 0 Å². The van der Waals surface area contributed by atoms with Crippen LogP contribution in [0.5, 0.6) is 0 Å². The van der Waals surface area contributed by atoms with Gasteiger partial charge in [-0.1, -0.05) is 30.3 Å². The maximum Gasteiger partial charge on any atom is 0.248 e. The Labute approximate surface area is 116 Å². The van der Waals surface area contributed by atoms with E-state index in [1.807, 2.05) is 18.2 Å². The van der Waals surface area contributed by atoms with Crippen molar-refractivity contribution in [3.8, 4) is 0 Å². The maximum atomic E-state index is 11.8. The fraction of sp³-hybridized carbons (Fsp3) is 0.308. The smallest absolute Gasteiger partial charge is 0.248 e. The second kappa shape index (κ2) is 6.38. The minimum Gasteiger partial charge on any atom is -0.272 e. The second-order valence-corrected chi connectivity index (χ2v) is 5.13. The molecule has 2 rings (SSSR count). The largest absolute Gasteiger partial charge is 0.272 e. The predicted octanol–water partition coefficient (Wildman–Crippen LogP) is 1.90. The van der Waals surface area contributed by atoms with Gasteiger partial charge in [0.05, 0.1) is 5.75 Å². The number of aryl methyl sites for hydroxylation is 2. The second-order valence-electron chi connectivity index (χ2n) is 4.14. The van der Waals surface area contributed by atoms with Crippen LogP contribution >= 0.6 is 11.8 Å². The van der Waals surface area contributed by atoms with Crippen LogP contribution < -0.4 is 5.43 Å². The number of amides is 1. The summed E-state index contributed by atoms with van der Waals surface area (Å²) < 4.78 is 1.60. The molecule has 1 amide bonds. The van der Waals surface area contributed by atoms with Crippen LogP contribution in [0.1, 0.15) is 17.2 Å². The fourth-order valence-electron chi connectivity index (χ4n) is 1.62. The summed E-state index contributed by atoms with van der Waals surface area (Å²) in [6.45, 7) is 3.61. The van der Waals surface area contributed by atoms with Crippen LogP contribution in [0.3, 0.4) is 0 Å². The van der Waals surface area contributed by atoms with Crippen molar-refractivity contribution in [1.82, 2.24) is 14.9 Å². The Hall–Kier alpha value is -1.82. The highest BCUT2D eigenvalue weighted by Crippen LogP contribution is 2.11. The van der Waals surface area contributed by atoms with Crippen molar-refractivity contribution >= 4 is 17.7 Å². The molecule has 0 aliphatic heterocycles. The highest BCUT2D eigenvalue weighted by molar-refractivity contribution is 7.99. The summed E-state index contributed by atoms with van der Waals surface area (Å²) >= 11 is 1.58. The van der Waals surface area contributed by atoms with Crippen molar-refractivity contribution in [2.75, 3.05) is 11.2 Å². The summed E-state index contributed by atoms with van der Waals surface area (Å²) in [5.74, 6) is 2.55. The quantitative estimate of drug-likeness (QED) is 0.906. The van der Waals surface area contributed by atoms with Crippen LogP contribution in [0.2, 0.25) is 0 Å². The number of hydrogen-bond donors (Lipinski definition) is 1. The Balaban J connectivity index is 1.79. The van der Waals surface area contributed by atoms with Crippen molar-refractivity contribution in [3.05, 3.63) is 47.5 Å². The average Bonchev–Trinajstić information content (AvgIpc) is 2.72. The van der Waals surface area contributed by atoms with Gasteiger partial charge in [-0.25, -0.2) is 4.68 Å². The van der Waals surface area contributed by atoms with Gasteiger partial charge in [0.15, 0.2) is 0 Å². The summed E-state index contributed by atoms with van der Waals surface area (Å²) in [5.41, 5.74) is 4.00. The normalized spacial score (nSPS) is 10.4. The van der Waals surface area contributed by atoms with E-state index < -0.39 is 0 Å². The Morgan fingerprint density at radius 3 is 2.47 bits per heavy atom. The molecule has 0 aliphatic carbocycles. The molecule has 0 aliphatic rings. The van der Waals surface area contributed by atoms with Gasteiger partial charge in [0.1, 0.15) is 11.6 Å². The molecule has 6 heteroatoms. The van der Waals surface area contributed by atoms with Crippen LogP contribution in [0.25, 0.3) is 0 Å². The third-order valence-electron chi connectivity index (χ3n) is 2.57. The maximum absolute atomic E-state index is 11.8. The molecule has 1 N–H and O–H groups in total. The van der Waals surface area contributed by atoms with Gasteiger partial charge in [0.2, 0.25) is 5.91 Å². The molecule has 100 valence electrons. The number of nitrogens with one attached hydrogen (secondary N) is 1. The summed E-state index contributed by atoms with van der Waals surface area (Å²) in [5, 5.41) is 7.78. The molecule has 1 heterocycles. The lowest BCUT2D eigenvalue weighted by atomic mass is 10.2. The topological polar surface area (TPSA) is 59.8 Å². The molecule has 1 aromatic carbocycles. The van der Waals surface area contributed by atoms with Gasteiger partial charge in [-0.3, -0.25) is 10.2 Å². The number of carbonyl (C=O) groups is 1. The number of carbonyl (C=O) groups excluding carboxylic acids is 1. The molecule has 5 nitrogen and oxygen atoms in total. The van der Waals surface area contributed by atoms with E-state index in [2.05, 4.69) is 27.8 Å². The molecule has 19 heavy (non-hydrogen) atoms. The van der Waals surface area contributed by atoms with Gasteiger partial charge in [-0.05, 0) is 19.4 Å². The van der Waals surface area contributed by atoms with E-state index >= 15 is 0 Å². The molecule has 0 saturated carbocycles. The molecule has 0 fully saturated rings. The van der Waals surface area contributed by atoms with Crippen LogP contribution in [0, 0.1) is 13.8 Å². The highest BCUT2D eigenvalue weighted by atomic mass is 32.2. The minimum absolute atomic E-state index is 0.0491. The van der Waals surface area contributed by atoms with E-state index in [0.29, 0.717) is 17.4 Å². The van der Waals surface area contributed by atoms with Crippen molar-refractivity contribution < 1.29 is 4.79 Å². The lowest BCUT2D eigenvalue weighted by Gasteiger charge is -2.08. The van der Waals surface area contributed by atoms with Crippen molar-refractivity contribution in [2.24, 2.45) is 0 Å². The Morgan fingerprint density at radius 2 is 1.84 bits per heavy atom. The molecule has 0 atom stereocenters. The van der Waals surface area contributed by atoms with E-state index in [9.17, 15) is 4.79 Å². The molecule has 0 saturated heterocycles. The van der Waals surface area contributed by atoms with Crippen LogP contribution in [0.4, 0.5) is 0 Å². The van der Waals surface area contributed by atoms with E-state index in [1.165, 1.54) is 5.56 Å². The third-order valence-corrected chi connectivity index (χ3v) is 3.57. The zero-order valence-corrected chi connectivity index (χ0v) is 11.8. The van der Waals surface area contributed by atoms with E-state index in [-0.39, 0.29) is 5.91 Å². The number of benzene rings is 1. The molecular formula is C13H16N4OS. The first-order valence-electron chi connectivity index (χ1n) is 5.97. The summed E-state index contributed by atoms with van der Waals surface area (Å²) in [7, 11) is 0. The van der Waals surface area contributed by atoms with Gasteiger partial charge in [0, 0.05) is 5.75 Å². The van der Waals surface area contributed by atoms with Gasteiger partial charge < -0.3 is 0 Å². The first-order chi connectivity index (χ1) is 9.16. The zero-order chi connectivity index (χ0) is 13.7. The standard InChI is InChI=1S/C13H16N4OS/c1-10-14-15-11(2)17(10)16-13(18)9-19-8-12-6-4-3-5-7-12/h3-7H,8-9H2,1-2H3,(H,16,18). The van der Waals surface area contributed by atoms with Gasteiger partial charge >= 0.3 is 0 Å². The Morgan fingerprint density at radius 1 is 1.21 bits per heavy atom. The monoisotopic (exact) mass is 276 g/mol. The average molecular weight is 276 g/mol. The summed E-state index contributed by atoms with van der Waals surface area (Å²) in [6.07, 6.45) is 0. The highest BCUT2D eigenvalue weighted by Gasteiger charge is 2.08. The fourth-order valence-corrected chi connectivity index (χ4v) is 2.40. The number of aromatic nitrogens is 3. The SMILES string of the molecule is Cc1nnc(C)n1NC(=O)CSCc1ccccc1. The summed E-state index contributed by atoms with van der Waals surface area (Å²) in [4.78, 5) is 11.8. The predicted molar refractivity (Wildman–Crippen MR) is 76.5 cm³/mol. The van der Waals surface area contributed by atoms with Crippen molar-refractivity contribution in [3.63, 3.8) is 0 Å². The molecule has 0 bridgehead atoms. The number of hydrogen-bond acceptors (Lipinski definition) is 4. The molecule has 0 spiro atoms. The van der Waals surface area contributed by atoms with E-state index in [1.54, 1.807) is 30.3 Å². The van der Waals surface area contributed by atoms with Gasteiger partial charge in [-0.2, -0.15) is 0 Å². The Bertz CT molecular complexity index is 534. The molecule has 0 radical (unpaired) electrons. The van der Waals surface area contributed by atoms with Gasteiger partial charge in [-0.15, -0.1) is 22.0 Å². The van der Waals surface area contributed by atoms with Gasteiger partial charge in [0.25, 0.3) is 0 Å². The minimum atomic E-state index is -0.0491. The van der Waals surface area contributed by atoms with Crippen molar-refractivity contribution in [2.45, 2.75) is 19.6 Å². The van der Waals surface area contributed by atoms with Crippen molar-refractivity contribution in [1.29, 1.82) is 0 Å². The molecule has 0 unspecified atom stereocenters. The zero-order valence-electron chi connectivity index (χ0n) is 11.0. The number of rotatable bonds is 5. The lowest BCUT2D eigenvalue weighted by molar-refractivity contribution is -0.114. The molecule has 2 aromatic rings. The number of nitrogens with zero attached hydrogens (tertiary/aromatic N) is 3. The number of thioether (sulfide) groups is 1. The molecular weight excluding hydrogens is 260 g/mol. The van der Waals surface area contributed by atoms with Crippen LogP contribution in [0.15, 0.2) is 30.3 Å².